The van der Waals surface area contributed by atoms with Crippen molar-refractivity contribution in [2.45, 2.75) is 13.0 Å². The molecule has 8 heteroatoms. The zero-order chi connectivity index (χ0) is 19.3. The Bertz CT molecular complexity index is 944. The molecule has 0 radical (unpaired) electrons. The van der Waals surface area contributed by atoms with Crippen molar-refractivity contribution in [1.29, 1.82) is 0 Å². The lowest BCUT2D eigenvalue weighted by molar-refractivity contribution is -0.130. The van der Waals surface area contributed by atoms with Crippen LogP contribution in [0.4, 0.5) is 4.79 Å². The number of rotatable bonds is 3. The molecule has 4 atom stereocenters. The average molecular weight is 375 g/mol. The quantitative estimate of drug-likeness (QED) is 0.816. The van der Waals surface area contributed by atoms with Crippen molar-refractivity contribution in [1.82, 2.24) is 14.9 Å². The molecule has 0 aromatic carbocycles. The fraction of sp³-hybridized carbons (Fsp3) is 0.300. The van der Waals surface area contributed by atoms with E-state index in [1.807, 2.05) is 36.4 Å². The van der Waals surface area contributed by atoms with Gasteiger partial charge in [-0.2, -0.15) is 10.2 Å². The van der Waals surface area contributed by atoms with E-state index in [1.165, 1.54) is 4.90 Å². The third-order valence-electron chi connectivity index (χ3n) is 5.38. The van der Waals surface area contributed by atoms with E-state index in [-0.39, 0.29) is 30.4 Å². The Morgan fingerprint density at radius 3 is 2.00 bits per heavy atom. The van der Waals surface area contributed by atoms with Crippen LogP contribution in [0.1, 0.15) is 18.3 Å². The molecule has 4 heterocycles. The molecule has 2 aromatic heterocycles. The minimum atomic E-state index is -0.589. The second kappa shape index (κ2) is 6.33. The number of imide groups is 1. The second-order valence-electron chi connectivity index (χ2n) is 7.11. The number of amides is 2. The van der Waals surface area contributed by atoms with Crippen LogP contribution in [0, 0.1) is 17.8 Å². The first-order valence-electron chi connectivity index (χ1n) is 9.15. The van der Waals surface area contributed by atoms with E-state index in [9.17, 15) is 9.59 Å². The Morgan fingerprint density at radius 2 is 1.57 bits per heavy atom. The van der Waals surface area contributed by atoms with E-state index in [1.54, 1.807) is 19.3 Å². The third-order valence-corrected chi connectivity index (χ3v) is 5.38. The SMILES string of the molecule is C[C@H]1COC(=O)N1C(=O)C1[C@H]2C(c3ccccn3)=NN=C(c3ccccn3)[C@@H]12. The summed E-state index contributed by atoms with van der Waals surface area (Å²) >= 11 is 0. The van der Waals surface area contributed by atoms with Gasteiger partial charge >= 0.3 is 6.09 Å². The lowest BCUT2D eigenvalue weighted by atomic mass is 10.0. The van der Waals surface area contributed by atoms with Crippen LogP contribution in [0.3, 0.4) is 0 Å². The molecule has 2 amide bonds. The lowest BCUT2D eigenvalue weighted by Crippen LogP contribution is -2.39. The predicted octanol–water partition coefficient (Wildman–Crippen LogP) is 1.91. The number of pyridine rings is 2. The van der Waals surface area contributed by atoms with E-state index in [0.29, 0.717) is 22.8 Å². The van der Waals surface area contributed by atoms with Gasteiger partial charge in [-0.15, -0.1) is 0 Å². The van der Waals surface area contributed by atoms with Crippen LogP contribution in [0.2, 0.25) is 0 Å². The van der Waals surface area contributed by atoms with Crippen molar-refractivity contribution in [3.05, 3.63) is 60.2 Å². The Balaban J connectivity index is 1.54. The number of cyclic esters (lactones) is 1. The van der Waals surface area contributed by atoms with E-state index in [4.69, 9.17) is 4.74 Å². The Hall–Kier alpha value is -3.42. The van der Waals surface area contributed by atoms with E-state index in [2.05, 4.69) is 20.2 Å². The molecule has 0 bridgehead atoms. The van der Waals surface area contributed by atoms with Gasteiger partial charge in [0.1, 0.15) is 6.61 Å². The van der Waals surface area contributed by atoms with Crippen LogP contribution in [-0.2, 0) is 9.53 Å². The van der Waals surface area contributed by atoms with Crippen molar-refractivity contribution >= 4 is 23.4 Å². The Kier molecular flexibility index (Phi) is 3.78. The summed E-state index contributed by atoms with van der Waals surface area (Å²) in [5.41, 5.74) is 2.72. The number of fused-ring (bicyclic) bond motifs is 1. The summed E-state index contributed by atoms with van der Waals surface area (Å²) in [6.45, 7) is 2.02. The normalized spacial score (nSPS) is 28.2. The molecule has 5 rings (SSSR count). The molecule has 1 unspecified atom stereocenters. The van der Waals surface area contributed by atoms with Crippen molar-refractivity contribution in [3.63, 3.8) is 0 Å². The number of carbonyl (C=O) groups is 2. The minimum Gasteiger partial charge on any atom is -0.447 e. The summed E-state index contributed by atoms with van der Waals surface area (Å²) in [5.74, 6) is -1.05. The summed E-state index contributed by atoms with van der Waals surface area (Å²) in [6, 6.07) is 10.8. The van der Waals surface area contributed by atoms with Crippen molar-refractivity contribution in [3.8, 4) is 0 Å². The molecule has 28 heavy (non-hydrogen) atoms. The van der Waals surface area contributed by atoms with Crippen LogP contribution in [-0.4, -0.2) is 50.9 Å². The van der Waals surface area contributed by atoms with Crippen molar-refractivity contribution in [2.75, 3.05) is 6.61 Å². The van der Waals surface area contributed by atoms with Crippen LogP contribution in [0.5, 0.6) is 0 Å². The molecule has 0 N–H and O–H groups in total. The highest BCUT2D eigenvalue weighted by atomic mass is 16.6. The number of aromatic nitrogens is 2. The summed E-state index contributed by atoms with van der Waals surface area (Å²) in [5, 5.41) is 8.79. The zero-order valence-corrected chi connectivity index (χ0v) is 15.1. The maximum absolute atomic E-state index is 13.2. The molecular weight excluding hydrogens is 358 g/mol. The van der Waals surface area contributed by atoms with Crippen LogP contribution in [0.15, 0.2) is 59.0 Å². The van der Waals surface area contributed by atoms with Crippen LogP contribution >= 0.6 is 0 Å². The van der Waals surface area contributed by atoms with Crippen molar-refractivity contribution < 1.29 is 14.3 Å². The number of ether oxygens (including phenoxy) is 1. The van der Waals surface area contributed by atoms with Crippen LogP contribution in [0.25, 0.3) is 0 Å². The average Bonchev–Trinajstić information content (AvgIpc) is 3.39. The number of hydrogen-bond donors (Lipinski definition) is 0. The summed E-state index contributed by atoms with van der Waals surface area (Å²) in [7, 11) is 0. The molecule has 2 aromatic rings. The highest BCUT2D eigenvalue weighted by molar-refractivity contribution is 6.18. The van der Waals surface area contributed by atoms with Gasteiger partial charge in [-0.1, -0.05) is 12.1 Å². The smallest absolute Gasteiger partial charge is 0.416 e. The molecule has 1 saturated heterocycles. The van der Waals surface area contributed by atoms with Gasteiger partial charge in [-0.3, -0.25) is 14.8 Å². The first-order chi connectivity index (χ1) is 13.7. The summed E-state index contributed by atoms with van der Waals surface area (Å²) in [6.07, 6.45) is 2.78. The standard InChI is InChI=1S/C20H17N5O3/c1-11-10-28-20(27)25(11)19(26)16-14-15(16)18(13-7-3-5-9-22-13)24-23-17(14)12-6-2-4-8-21-12/h2-9,11,14-16H,10H2,1H3/t11-,14-,15+,16?/m0/s1. The molecule has 1 aliphatic carbocycles. The topological polar surface area (TPSA) is 97.1 Å². The highest BCUT2D eigenvalue weighted by Crippen LogP contribution is 2.53. The lowest BCUT2D eigenvalue weighted by Gasteiger charge is -2.15. The molecule has 140 valence electrons. The molecule has 3 aliphatic rings. The zero-order valence-electron chi connectivity index (χ0n) is 15.1. The molecular formula is C20H17N5O3. The molecule has 2 aliphatic heterocycles. The van der Waals surface area contributed by atoms with E-state index in [0.717, 1.165) is 0 Å². The van der Waals surface area contributed by atoms with Gasteiger partial charge in [0.2, 0.25) is 5.91 Å². The van der Waals surface area contributed by atoms with Gasteiger partial charge in [-0.25, -0.2) is 9.69 Å². The summed E-state index contributed by atoms with van der Waals surface area (Å²) in [4.78, 5) is 35.2. The van der Waals surface area contributed by atoms with Gasteiger partial charge in [-0.05, 0) is 31.2 Å². The molecule has 1 saturated carbocycles. The Labute approximate surface area is 161 Å². The van der Waals surface area contributed by atoms with Crippen molar-refractivity contribution in [2.24, 2.45) is 28.0 Å². The van der Waals surface area contributed by atoms with Gasteiger partial charge in [0.25, 0.3) is 0 Å². The van der Waals surface area contributed by atoms with E-state index < -0.39 is 12.0 Å². The fourth-order valence-corrected chi connectivity index (χ4v) is 4.00. The summed E-state index contributed by atoms with van der Waals surface area (Å²) < 4.78 is 5.03. The maximum atomic E-state index is 13.2. The number of carbonyl (C=O) groups excluding carboxylic acids is 2. The second-order valence-corrected chi connectivity index (χ2v) is 7.11. The first kappa shape index (κ1) is 16.7. The number of nitrogens with zero attached hydrogens (tertiary/aromatic N) is 5. The van der Waals surface area contributed by atoms with Gasteiger partial charge in [0, 0.05) is 24.2 Å². The number of hydrogen-bond acceptors (Lipinski definition) is 7. The molecule has 8 nitrogen and oxygen atoms in total. The minimum absolute atomic E-state index is 0.183. The van der Waals surface area contributed by atoms with Gasteiger partial charge < -0.3 is 4.74 Å². The fourth-order valence-electron chi connectivity index (χ4n) is 4.00. The Morgan fingerprint density at radius 1 is 1.00 bits per heavy atom. The molecule has 0 spiro atoms. The third kappa shape index (κ3) is 2.52. The largest absolute Gasteiger partial charge is 0.447 e. The predicted molar refractivity (Wildman–Crippen MR) is 99.7 cm³/mol. The maximum Gasteiger partial charge on any atom is 0.416 e. The first-order valence-corrected chi connectivity index (χ1v) is 9.15. The highest BCUT2D eigenvalue weighted by Gasteiger charge is 2.64. The molecule has 2 fully saturated rings. The monoisotopic (exact) mass is 375 g/mol. The van der Waals surface area contributed by atoms with Gasteiger partial charge in [0.05, 0.1) is 34.8 Å². The van der Waals surface area contributed by atoms with E-state index >= 15 is 0 Å². The van der Waals surface area contributed by atoms with Crippen LogP contribution < -0.4 is 0 Å². The van der Waals surface area contributed by atoms with Gasteiger partial charge in [0.15, 0.2) is 0 Å².